The number of hydrogen-bond donors (Lipinski definition) is 1. The number of carbonyl (C=O) groups excluding carboxylic acids is 1. The normalized spacial score (nSPS) is 17.5. The number of rotatable bonds is 4. The molecule has 2 aromatic rings. The van der Waals surface area contributed by atoms with E-state index in [1.54, 1.807) is 6.08 Å². The molecule has 0 saturated carbocycles. The number of halogens is 1. The second kappa shape index (κ2) is 7.73. The van der Waals surface area contributed by atoms with E-state index in [1.165, 1.54) is 16.8 Å². The van der Waals surface area contributed by atoms with Crippen LogP contribution in [0.25, 0.3) is 6.08 Å². The number of hydrazone groups is 1. The fraction of sp³-hybridized carbons (Fsp3) is 0.100. The molecule has 28 heavy (non-hydrogen) atoms. The first-order chi connectivity index (χ1) is 13.5. The molecule has 0 aliphatic carbocycles. The third-order valence-electron chi connectivity index (χ3n) is 4.06. The van der Waals surface area contributed by atoms with Crippen LogP contribution in [-0.4, -0.2) is 27.0 Å². The Morgan fingerprint density at radius 2 is 2.04 bits per heavy atom. The molecule has 0 radical (unpaired) electrons. The summed E-state index contributed by atoms with van der Waals surface area (Å²) in [6, 6.07) is 15.4. The standard InChI is InChI=1S/C20H15BrN4O2S/c1-12-24-25-18(22)15(19(26)23-20(25)28-12)9-14-7-8-17(16(21)10-14)27-11-13-5-3-2-4-6-13/h2-10,22H,11H2,1H3. The highest BCUT2D eigenvalue weighted by Crippen LogP contribution is 2.30. The highest BCUT2D eigenvalue weighted by atomic mass is 79.9. The zero-order valence-corrected chi connectivity index (χ0v) is 17.3. The topological polar surface area (TPSA) is 78.1 Å². The number of hydrogen-bond acceptors (Lipinski definition) is 5. The molecule has 0 spiro atoms. The van der Waals surface area contributed by atoms with Gasteiger partial charge in [0.25, 0.3) is 5.91 Å². The largest absolute Gasteiger partial charge is 0.488 e. The number of aliphatic imine (C=N–C) groups is 1. The molecule has 2 heterocycles. The average molecular weight is 455 g/mol. The van der Waals surface area contributed by atoms with Gasteiger partial charge in [-0.3, -0.25) is 10.2 Å². The summed E-state index contributed by atoms with van der Waals surface area (Å²) in [4.78, 5) is 16.4. The first-order valence-corrected chi connectivity index (χ1v) is 10.1. The first kappa shape index (κ1) is 18.6. The first-order valence-electron chi connectivity index (χ1n) is 8.44. The fourth-order valence-electron chi connectivity index (χ4n) is 2.71. The highest BCUT2D eigenvalue weighted by molar-refractivity contribution is 9.10. The molecule has 0 unspecified atom stereocenters. The number of benzene rings is 2. The van der Waals surface area contributed by atoms with Crippen LogP contribution in [0.2, 0.25) is 0 Å². The summed E-state index contributed by atoms with van der Waals surface area (Å²) in [5, 5.41) is 15.1. The number of amides is 1. The number of ether oxygens (including phenoxy) is 1. The predicted molar refractivity (Wildman–Crippen MR) is 116 cm³/mol. The van der Waals surface area contributed by atoms with E-state index in [0.717, 1.165) is 20.6 Å². The number of amidine groups is 2. The molecular formula is C20H15BrN4O2S. The van der Waals surface area contributed by atoms with Crippen molar-refractivity contribution < 1.29 is 9.53 Å². The van der Waals surface area contributed by atoms with Gasteiger partial charge in [0.05, 0.1) is 15.1 Å². The van der Waals surface area contributed by atoms with Crippen molar-refractivity contribution in [1.82, 2.24) is 5.01 Å². The van der Waals surface area contributed by atoms with Gasteiger partial charge < -0.3 is 4.74 Å². The van der Waals surface area contributed by atoms with Crippen LogP contribution in [-0.2, 0) is 11.4 Å². The van der Waals surface area contributed by atoms with Crippen LogP contribution < -0.4 is 4.74 Å². The van der Waals surface area contributed by atoms with E-state index in [1.807, 2.05) is 55.5 Å². The molecule has 1 N–H and O–H groups in total. The van der Waals surface area contributed by atoms with E-state index < -0.39 is 5.91 Å². The summed E-state index contributed by atoms with van der Waals surface area (Å²) < 4.78 is 6.62. The van der Waals surface area contributed by atoms with Gasteiger partial charge in [-0.05, 0) is 64.0 Å². The fourth-order valence-corrected chi connectivity index (χ4v) is 3.96. The van der Waals surface area contributed by atoms with Gasteiger partial charge >= 0.3 is 0 Å². The number of thioether (sulfide) groups is 1. The van der Waals surface area contributed by atoms with Crippen LogP contribution >= 0.6 is 27.7 Å². The Morgan fingerprint density at radius 1 is 1.25 bits per heavy atom. The Labute approximate surface area is 174 Å². The van der Waals surface area contributed by atoms with Crippen molar-refractivity contribution in [3.05, 3.63) is 69.7 Å². The Kier molecular flexibility index (Phi) is 5.15. The molecule has 0 aromatic heterocycles. The molecule has 140 valence electrons. The molecule has 0 fully saturated rings. The summed E-state index contributed by atoms with van der Waals surface area (Å²) in [6.07, 6.45) is 1.64. The second-order valence-electron chi connectivity index (χ2n) is 6.10. The van der Waals surface area contributed by atoms with Crippen molar-refractivity contribution in [2.45, 2.75) is 13.5 Å². The molecule has 8 heteroatoms. The second-order valence-corrected chi connectivity index (χ2v) is 8.12. The van der Waals surface area contributed by atoms with Gasteiger partial charge in [0.1, 0.15) is 12.4 Å². The molecule has 6 nitrogen and oxygen atoms in total. The van der Waals surface area contributed by atoms with E-state index in [9.17, 15) is 4.79 Å². The Morgan fingerprint density at radius 3 is 2.79 bits per heavy atom. The van der Waals surface area contributed by atoms with E-state index in [2.05, 4.69) is 26.0 Å². The SMILES string of the molecule is CC1=NN2C(=N)C(=Cc3ccc(OCc4ccccc4)c(Br)c3)C(=O)N=C2S1. The third kappa shape index (κ3) is 3.79. The van der Waals surface area contributed by atoms with Crippen LogP contribution in [0.5, 0.6) is 5.75 Å². The third-order valence-corrected chi connectivity index (χ3v) is 5.50. The van der Waals surface area contributed by atoms with Gasteiger partial charge in [0.2, 0.25) is 5.17 Å². The number of carbonyl (C=O) groups is 1. The molecule has 2 aliphatic heterocycles. The Bertz CT molecular complexity index is 1060. The van der Waals surface area contributed by atoms with Crippen molar-refractivity contribution in [3.63, 3.8) is 0 Å². The maximum atomic E-state index is 12.3. The number of fused-ring (bicyclic) bond motifs is 1. The van der Waals surface area contributed by atoms with E-state index >= 15 is 0 Å². The summed E-state index contributed by atoms with van der Waals surface area (Å²) in [7, 11) is 0. The van der Waals surface area contributed by atoms with Crippen molar-refractivity contribution in [2.24, 2.45) is 10.1 Å². The summed E-state index contributed by atoms with van der Waals surface area (Å²) >= 11 is 4.80. The van der Waals surface area contributed by atoms with Gasteiger partial charge in [-0.15, -0.1) is 0 Å². The Hall–Kier alpha value is -2.71. The zero-order chi connectivity index (χ0) is 19.7. The lowest BCUT2D eigenvalue weighted by Gasteiger charge is -2.20. The maximum Gasteiger partial charge on any atom is 0.283 e. The van der Waals surface area contributed by atoms with Crippen LogP contribution in [0.3, 0.4) is 0 Å². The van der Waals surface area contributed by atoms with Gasteiger partial charge in [-0.25, -0.2) is 0 Å². The minimum absolute atomic E-state index is 0.0277. The van der Waals surface area contributed by atoms with E-state index in [-0.39, 0.29) is 11.4 Å². The molecule has 1 amide bonds. The van der Waals surface area contributed by atoms with Crippen molar-refractivity contribution in [2.75, 3.05) is 0 Å². The molecule has 0 atom stereocenters. The monoisotopic (exact) mass is 454 g/mol. The molecule has 0 saturated heterocycles. The highest BCUT2D eigenvalue weighted by Gasteiger charge is 2.34. The minimum atomic E-state index is -0.436. The van der Waals surface area contributed by atoms with Crippen LogP contribution in [0.1, 0.15) is 18.1 Å². The minimum Gasteiger partial charge on any atom is -0.488 e. The number of nitrogens with zero attached hydrogens (tertiary/aromatic N) is 3. The van der Waals surface area contributed by atoms with Crippen LogP contribution in [0.15, 0.2) is 68.7 Å². The summed E-state index contributed by atoms with van der Waals surface area (Å²) in [5.74, 6) is 0.293. The Balaban J connectivity index is 1.54. The molecule has 2 aliphatic rings. The molecular weight excluding hydrogens is 440 g/mol. The van der Waals surface area contributed by atoms with E-state index in [4.69, 9.17) is 10.1 Å². The molecule has 2 aromatic carbocycles. The van der Waals surface area contributed by atoms with Crippen molar-refractivity contribution in [3.8, 4) is 5.75 Å². The number of nitrogens with one attached hydrogen (secondary N) is 1. The quantitative estimate of drug-likeness (QED) is 0.680. The van der Waals surface area contributed by atoms with Crippen LogP contribution in [0, 0.1) is 5.41 Å². The molecule has 0 bridgehead atoms. The summed E-state index contributed by atoms with van der Waals surface area (Å²) in [5.41, 5.74) is 2.04. The van der Waals surface area contributed by atoms with Gasteiger partial charge in [0, 0.05) is 0 Å². The lowest BCUT2D eigenvalue weighted by Crippen LogP contribution is -2.35. The van der Waals surface area contributed by atoms with Gasteiger partial charge in [-0.2, -0.15) is 15.1 Å². The summed E-state index contributed by atoms with van der Waals surface area (Å²) in [6.45, 7) is 2.28. The van der Waals surface area contributed by atoms with Crippen molar-refractivity contribution in [1.29, 1.82) is 5.41 Å². The lowest BCUT2D eigenvalue weighted by molar-refractivity contribution is -0.114. The van der Waals surface area contributed by atoms with Gasteiger partial charge in [-0.1, -0.05) is 36.4 Å². The van der Waals surface area contributed by atoms with E-state index in [0.29, 0.717) is 17.5 Å². The molecule has 4 rings (SSSR count). The van der Waals surface area contributed by atoms with Crippen molar-refractivity contribution >= 4 is 55.7 Å². The zero-order valence-electron chi connectivity index (χ0n) is 14.8. The lowest BCUT2D eigenvalue weighted by atomic mass is 10.1. The van der Waals surface area contributed by atoms with Gasteiger partial charge in [0.15, 0.2) is 5.84 Å². The average Bonchev–Trinajstić information content (AvgIpc) is 3.05. The smallest absolute Gasteiger partial charge is 0.283 e. The van der Waals surface area contributed by atoms with Crippen LogP contribution in [0.4, 0.5) is 0 Å². The maximum absolute atomic E-state index is 12.3. The predicted octanol–water partition coefficient (Wildman–Crippen LogP) is 4.67.